The van der Waals surface area contributed by atoms with Crippen molar-refractivity contribution < 1.29 is 19.1 Å². The van der Waals surface area contributed by atoms with Gasteiger partial charge in [0.2, 0.25) is 5.91 Å². The summed E-state index contributed by atoms with van der Waals surface area (Å²) >= 11 is 0. The summed E-state index contributed by atoms with van der Waals surface area (Å²) in [7, 11) is 0. The van der Waals surface area contributed by atoms with Gasteiger partial charge in [0.25, 0.3) is 0 Å². The molecular weight excluding hydrogens is 430 g/mol. The highest BCUT2D eigenvalue weighted by Crippen LogP contribution is 2.40. The van der Waals surface area contributed by atoms with Crippen molar-refractivity contribution in [2.24, 2.45) is 0 Å². The first-order valence-corrected chi connectivity index (χ1v) is 11.7. The van der Waals surface area contributed by atoms with Crippen LogP contribution in [0.1, 0.15) is 63.9 Å². The second-order valence-corrected chi connectivity index (χ2v) is 8.99. The molecule has 1 amide bonds. The van der Waals surface area contributed by atoms with E-state index in [-0.39, 0.29) is 51.8 Å². The lowest BCUT2D eigenvalue weighted by Crippen LogP contribution is -2.32. The van der Waals surface area contributed by atoms with Gasteiger partial charge in [0.05, 0.1) is 16.8 Å². The minimum atomic E-state index is -0.330. The Hall–Kier alpha value is -3.87. The van der Waals surface area contributed by atoms with Crippen LogP contribution in [0.3, 0.4) is 0 Å². The van der Waals surface area contributed by atoms with Crippen molar-refractivity contribution in [3.05, 3.63) is 76.4 Å². The SMILES string of the molecule is Nc1cc(OC2C=CC(CN3CCCCCC3=O)=CC2)c(N)c2c1C(=O)c1ccccc1C2=O. The quantitative estimate of drug-likeness (QED) is 0.578. The maximum Gasteiger partial charge on any atom is 0.222 e. The summed E-state index contributed by atoms with van der Waals surface area (Å²) in [6, 6.07) is 8.19. The third-order valence-electron chi connectivity index (χ3n) is 6.69. The zero-order valence-electron chi connectivity index (χ0n) is 18.9. The number of hydrogen-bond donors (Lipinski definition) is 2. The first-order chi connectivity index (χ1) is 16.4. The van der Waals surface area contributed by atoms with Gasteiger partial charge in [-0.1, -0.05) is 42.8 Å². The third-order valence-corrected chi connectivity index (χ3v) is 6.69. The van der Waals surface area contributed by atoms with E-state index in [0.29, 0.717) is 30.5 Å². The number of nitrogen functional groups attached to an aromatic ring is 2. The van der Waals surface area contributed by atoms with E-state index < -0.39 is 0 Å². The fourth-order valence-electron chi connectivity index (χ4n) is 4.86. The van der Waals surface area contributed by atoms with Crippen LogP contribution in [0.4, 0.5) is 11.4 Å². The van der Waals surface area contributed by atoms with Crippen molar-refractivity contribution in [1.82, 2.24) is 4.90 Å². The Morgan fingerprint density at radius 3 is 2.41 bits per heavy atom. The molecule has 1 atom stereocenters. The summed E-state index contributed by atoms with van der Waals surface area (Å²) in [6.45, 7) is 1.40. The summed E-state index contributed by atoms with van der Waals surface area (Å²) in [5.41, 5.74) is 14.8. The summed E-state index contributed by atoms with van der Waals surface area (Å²) in [4.78, 5) is 40.4. The number of hydrogen-bond acceptors (Lipinski definition) is 6. The second-order valence-electron chi connectivity index (χ2n) is 8.99. The number of fused-ring (bicyclic) bond motifs is 2. The molecule has 1 saturated heterocycles. The molecule has 0 aromatic heterocycles. The highest BCUT2D eigenvalue weighted by molar-refractivity contribution is 6.32. The molecule has 0 spiro atoms. The summed E-state index contributed by atoms with van der Waals surface area (Å²) in [6.07, 6.45) is 9.97. The molecule has 1 heterocycles. The van der Waals surface area contributed by atoms with Crippen LogP contribution in [0.25, 0.3) is 0 Å². The van der Waals surface area contributed by atoms with Crippen LogP contribution >= 0.6 is 0 Å². The van der Waals surface area contributed by atoms with Crippen molar-refractivity contribution in [3.63, 3.8) is 0 Å². The minimum absolute atomic E-state index is 0.106. The van der Waals surface area contributed by atoms with Gasteiger partial charge in [-0.2, -0.15) is 0 Å². The summed E-state index contributed by atoms with van der Waals surface area (Å²) in [5.74, 6) is -0.147. The van der Waals surface area contributed by atoms with Gasteiger partial charge in [0.1, 0.15) is 11.9 Å². The van der Waals surface area contributed by atoms with Gasteiger partial charge in [0.15, 0.2) is 11.6 Å². The number of carbonyl (C=O) groups excluding carboxylic acids is 3. The summed E-state index contributed by atoms with van der Waals surface area (Å²) in [5, 5.41) is 0. The van der Waals surface area contributed by atoms with Gasteiger partial charge in [-0.3, -0.25) is 14.4 Å². The van der Waals surface area contributed by atoms with E-state index in [9.17, 15) is 14.4 Å². The standard InChI is InChI=1S/C27H27N3O4/c28-20-14-21(25(29)24-23(20)26(32)18-6-3-4-7-19(18)27(24)33)34-17-11-9-16(10-12-17)15-30-13-5-1-2-8-22(30)31/h3-4,6-7,9-11,14,17H,1-2,5,8,12-13,15,28-29H2. The molecule has 1 unspecified atom stereocenters. The van der Waals surface area contributed by atoms with Crippen molar-refractivity contribution in [3.8, 4) is 5.75 Å². The Bertz CT molecular complexity index is 1260. The number of carbonyl (C=O) groups is 3. The lowest BCUT2D eigenvalue weighted by atomic mass is 9.82. The molecule has 7 nitrogen and oxygen atoms in total. The average Bonchev–Trinajstić information content (AvgIpc) is 3.04. The molecule has 2 aromatic rings. The zero-order valence-corrected chi connectivity index (χ0v) is 18.9. The summed E-state index contributed by atoms with van der Waals surface area (Å²) < 4.78 is 6.10. The normalized spacial score (nSPS) is 19.9. The Balaban J connectivity index is 1.34. The van der Waals surface area contributed by atoms with Crippen LogP contribution < -0.4 is 16.2 Å². The van der Waals surface area contributed by atoms with Crippen molar-refractivity contribution >= 4 is 28.8 Å². The lowest BCUT2D eigenvalue weighted by Gasteiger charge is -2.26. The van der Waals surface area contributed by atoms with Crippen LogP contribution in [0.15, 0.2) is 54.1 Å². The van der Waals surface area contributed by atoms with Gasteiger partial charge in [0, 0.05) is 48.8 Å². The van der Waals surface area contributed by atoms with Crippen LogP contribution in [-0.4, -0.2) is 41.6 Å². The van der Waals surface area contributed by atoms with E-state index in [2.05, 4.69) is 6.08 Å². The molecule has 0 saturated carbocycles. The Labute approximate surface area is 198 Å². The molecule has 5 rings (SSSR count). The van der Waals surface area contributed by atoms with E-state index in [4.69, 9.17) is 16.2 Å². The van der Waals surface area contributed by atoms with Gasteiger partial charge in [-0.05, 0) is 24.5 Å². The lowest BCUT2D eigenvalue weighted by molar-refractivity contribution is -0.130. The van der Waals surface area contributed by atoms with Gasteiger partial charge in [-0.25, -0.2) is 0 Å². The van der Waals surface area contributed by atoms with Crippen molar-refractivity contribution in [1.29, 1.82) is 0 Å². The van der Waals surface area contributed by atoms with E-state index in [1.165, 1.54) is 6.07 Å². The number of likely N-dealkylation sites (tertiary alicyclic amines) is 1. The van der Waals surface area contributed by atoms with Crippen molar-refractivity contribution in [2.45, 2.75) is 38.2 Å². The number of nitrogens with zero attached hydrogens (tertiary/aromatic N) is 1. The number of ketones is 2. The fraction of sp³-hybridized carbons (Fsp3) is 0.296. The molecule has 3 aliphatic rings. The average molecular weight is 458 g/mol. The predicted octanol–water partition coefficient (Wildman–Crippen LogP) is 3.66. The first-order valence-electron chi connectivity index (χ1n) is 11.7. The van der Waals surface area contributed by atoms with Crippen LogP contribution in [-0.2, 0) is 4.79 Å². The topological polar surface area (TPSA) is 116 Å². The molecule has 7 heteroatoms. The minimum Gasteiger partial charge on any atom is -0.484 e. The molecule has 174 valence electrons. The molecule has 2 aliphatic carbocycles. The molecule has 1 fully saturated rings. The molecule has 1 aliphatic heterocycles. The highest BCUT2D eigenvalue weighted by atomic mass is 16.5. The highest BCUT2D eigenvalue weighted by Gasteiger charge is 2.34. The van der Waals surface area contributed by atoms with Crippen LogP contribution in [0, 0.1) is 0 Å². The van der Waals surface area contributed by atoms with Crippen LogP contribution in [0.5, 0.6) is 5.75 Å². The fourth-order valence-corrected chi connectivity index (χ4v) is 4.86. The van der Waals surface area contributed by atoms with E-state index in [1.54, 1.807) is 24.3 Å². The maximum absolute atomic E-state index is 13.2. The van der Waals surface area contributed by atoms with Crippen LogP contribution in [0.2, 0.25) is 0 Å². The second kappa shape index (κ2) is 8.82. The monoisotopic (exact) mass is 457 g/mol. The van der Waals surface area contributed by atoms with E-state index in [0.717, 1.165) is 31.4 Å². The first kappa shape index (κ1) is 21.9. The Kier molecular flexibility index (Phi) is 5.69. The Morgan fingerprint density at radius 2 is 1.71 bits per heavy atom. The van der Waals surface area contributed by atoms with Crippen molar-refractivity contribution in [2.75, 3.05) is 24.6 Å². The van der Waals surface area contributed by atoms with E-state index in [1.807, 2.05) is 17.1 Å². The molecule has 2 aromatic carbocycles. The molecule has 4 N–H and O–H groups in total. The zero-order chi connectivity index (χ0) is 23.8. The number of anilines is 2. The number of rotatable bonds is 4. The molecular formula is C27H27N3O4. The number of ether oxygens (including phenoxy) is 1. The molecule has 34 heavy (non-hydrogen) atoms. The molecule has 0 radical (unpaired) electrons. The number of amides is 1. The van der Waals surface area contributed by atoms with E-state index >= 15 is 0 Å². The maximum atomic E-state index is 13.2. The third kappa shape index (κ3) is 3.87. The number of nitrogens with two attached hydrogens (primary N) is 2. The smallest absolute Gasteiger partial charge is 0.222 e. The van der Waals surface area contributed by atoms with Gasteiger partial charge < -0.3 is 21.1 Å². The van der Waals surface area contributed by atoms with Gasteiger partial charge in [-0.15, -0.1) is 0 Å². The predicted molar refractivity (Wildman–Crippen MR) is 130 cm³/mol. The van der Waals surface area contributed by atoms with Gasteiger partial charge >= 0.3 is 0 Å². The molecule has 0 bridgehead atoms. The largest absolute Gasteiger partial charge is 0.484 e. The number of benzene rings is 2. The Morgan fingerprint density at radius 1 is 0.971 bits per heavy atom.